The van der Waals surface area contributed by atoms with Gasteiger partial charge in [0.15, 0.2) is 0 Å². The minimum atomic E-state index is -0.0230. The molecule has 0 saturated heterocycles. The SMILES string of the molecule is Cc1ccc2nc(CSCc3ccccc3Br)cc(=O)n2c1. The molecule has 3 rings (SSSR count). The minimum Gasteiger partial charge on any atom is -0.269 e. The zero-order valence-electron chi connectivity index (χ0n) is 12.1. The molecule has 0 bridgehead atoms. The van der Waals surface area contributed by atoms with Gasteiger partial charge in [0.2, 0.25) is 0 Å². The lowest BCUT2D eigenvalue weighted by atomic mass is 10.2. The van der Waals surface area contributed by atoms with Gasteiger partial charge in [0.25, 0.3) is 5.56 Å². The van der Waals surface area contributed by atoms with E-state index in [4.69, 9.17) is 0 Å². The van der Waals surface area contributed by atoms with Gasteiger partial charge in [-0.15, -0.1) is 0 Å². The highest BCUT2D eigenvalue weighted by atomic mass is 79.9. The predicted molar refractivity (Wildman–Crippen MR) is 95.3 cm³/mol. The Labute approximate surface area is 141 Å². The second-order valence-electron chi connectivity index (χ2n) is 5.10. The minimum absolute atomic E-state index is 0.0230. The Balaban J connectivity index is 1.76. The molecule has 22 heavy (non-hydrogen) atoms. The van der Waals surface area contributed by atoms with Crippen molar-refractivity contribution in [3.05, 3.63) is 80.3 Å². The first-order chi connectivity index (χ1) is 10.6. The number of aryl methyl sites for hydroxylation is 1. The molecule has 0 amide bonds. The number of fused-ring (bicyclic) bond motifs is 1. The molecule has 0 unspecified atom stereocenters. The molecule has 0 aliphatic heterocycles. The molecule has 3 aromatic rings. The first-order valence-corrected chi connectivity index (χ1v) is 8.88. The van der Waals surface area contributed by atoms with Crippen LogP contribution in [-0.2, 0) is 11.5 Å². The van der Waals surface area contributed by atoms with Crippen molar-refractivity contribution in [2.45, 2.75) is 18.4 Å². The third-order valence-corrected chi connectivity index (χ3v) is 5.11. The fourth-order valence-corrected chi connectivity index (χ4v) is 3.75. The summed E-state index contributed by atoms with van der Waals surface area (Å²) in [5.41, 5.74) is 3.80. The van der Waals surface area contributed by atoms with E-state index in [1.54, 1.807) is 22.2 Å². The number of pyridine rings is 1. The predicted octanol–water partition coefficient (Wildman–Crippen LogP) is 4.20. The monoisotopic (exact) mass is 374 g/mol. The largest absolute Gasteiger partial charge is 0.269 e. The molecule has 112 valence electrons. The van der Waals surface area contributed by atoms with Crippen molar-refractivity contribution in [1.82, 2.24) is 9.38 Å². The fraction of sp³-hybridized carbons (Fsp3) is 0.176. The zero-order valence-corrected chi connectivity index (χ0v) is 14.5. The molecule has 0 radical (unpaired) electrons. The van der Waals surface area contributed by atoms with E-state index >= 15 is 0 Å². The van der Waals surface area contributed by atoms with E-state index in [2.05, 4.69) is 27.0 Å². The van der Waals surface area contributed by atoms with Gasteiger partial charge in [0.05, 0.1) is 5.69 Å². The van der Waals surface area contributed by atoms with Crippen molar-refractivity contribution >= 4 is 33.3 Å². The second kappa shape index (κ2) is 6.67. The molecule has 0 aliphatic rings. The van der Waals surface area contributed by atoms with E-state index in [9.17, 15) is 4.79 Å². The first kappa shape index (κ1) is 15.3. The van der Waals surface area contributed by atoms with Gasteiger partial charge in [-0.25, -0.2) is 4.98 Å². The average molecular weight is 375 g/mol. The molecule has 2 heterocycles. The van der Waals surface area contributed by atoms with Crippen LogP contribution >= 0.6 is 27.7 Å². The smallest absolute Gasteiger partial charge is 0.258 e. The molecule has 0 fully saturated rings. The fourth-order valence-electron chi connectivity index (χ4n) is 2.21. The maximum absolute atomic E-state index is 12.1. The lowest BCUT2D eigenvalue weighted by Gasteiger charge is -2.06. The Morgan fingerprint density at radius 1 is 1.18 bits per heavy atom. The highest BCUT2D eigenvalue weighted by Crippen LogP contribution is 2.23. The number of hydrogen-bond donors (Lipinski definition) is 0. The third-order valence-electron chi connectivity index (χ3n) is 3.33. The van der Waals surface area contributed by atoms with Gasteiger partial charge >= 0.3 is 0 Å². The summed E-state index contributed by atoms with van der Waals surface area (Å²) < 4.78 is 2.71. The Kier molecular flexibility index (Phi) is 4.64. The molecule has 0 spiro atoms. The van der Waals surface area contributed by atoms with Gasteiger partial charge < -0.3 is 0 Å². The summed E-state index contributed by atoms with van der Waals surface area (Å²) in [5.74, 6) is 1.61. The van der Waals surface area contributed by atoms with Crippen LogP contribution in [0.25, 0.3) is 5.65 Å². The molecule has 3 nitrogen and oxygen atoms in total. The normalized spacial score (nSPS) is 11.0. The summed E-state index contributed by atoms with van der Waals surface area (Å²) >= 11 is 5.30. The zero-order chi connectivity index (χ0) is 15.5. The van der Waals surface area contributed by atoms with Gasteiger partial charge in [0.1, 0.15) is 5.65 Å². The van der Waals surface area contributed by atoms with Crippen molar-refractivity contribution < 1.29 is 0 Å². The van der Waals surface area contributed by atoms with Crippen LogP contribution in [0.5, 0.6) is 0 Å². The summed E-state index contributed by atoms with van der Waals surface area (Å²) in [6.45, 7) is 1.97. The average Bonchev–Trinajstić information content (AvgIpc) is 2.50. The van der Waals surface area contributed by atoms with Gasteiger partial charge in [-0.2, -0.15) is 11.8 Å². The highest BCUT2D eigenvalue weighted by Gasteiger charge is 2.04. The lowest BCUT2D eigenvalue weighted by Crippen LogP contribution is -2.15. The van der Waals surface area contributed by atoms with Crippen LogP contribution in [-0.4, -0.2) is 9.38 Å². The standard InChI is InChI=1S/C17H15BrN2OS/c1-12-6-7-16-19-14(8-17(21)20(16)9-12)11-22-10-13-4-2-3-5-15(13)18/h2-9H,10-11H2,1H3. The summed E-state index contributed by atoms with van der Waals surface area (Å²) in [6, 6.07) is 13.7. The maximum atomic E-state index is 12.1. The molecular weight excluding hydrogens is 360 g/mol. The number of hydrogen-bond acceptors (Lipinski definition) is 3. The molecule has 0 N–H and O–H groups in total. The number of aromatic nitrogens is 2. The number of nitrogens with zero attached hydrogens (tertiary/aromatic N) is 2. The topological polar surface area (TPSA) is 34.4 Å². The maximum Gasteiger partial charge on any atom is 0.258 e. The lowest BCUT2D eigenvalue weighted by molar-refractivity contribution is 1.00. The Morgan fingerprint density at radius 3 is 2.82 bits per heavy atom. The van der Waals surface area contributed by atoms with Crippen LogP contribution in [0.4, 0.5) is 0 Å². The van der Waals surface area contributed by atoms with Crippen LogP contribution in [0.3, 0.4) is 0 Å². The van der Waals surface area contributed by atoms with Crippen molar-refractivity contribution in [1.29, 1.82) is 0 Å². The molecular formula is C17H15BrN2OS. The van der Waals surface area contributed by atoms with Gasteiger partial charge in [-0.05, 0) is 30.2 Å². The first-order valence-electron chi connectivity index (χ1n) is 6.93. The molecule has 0 atom stereocenters. The quantitative estimate of drug-likeness (QED) is 0.686. The van der Waals surface area contributed by atoms with E-state index in [1.165, 1.54) is 5.56 Å². The van der Waals surface area contributed by atoms with Crippen molar-refractivity contribution in [2.75, 3.05) is 0 Å². The molecule has 0 aliphatic carbocycles. The summed E-state index contributed by atoms with van der Waals surface area (Å²) in [5, 5.41) is 0. The van der Waals surface area contributed by atoms with Gasteiger partial charge in [-0.3, -0.25) is 9.20 Å². The Hall–Kier alpha value is -1.59. The van der Waals surface area contributed by atoms with Crippen molar-refractivity contribution in [2.24, 2.45) is 0 Å². The summed E-state index contributed by atoms with van der Waals surface area (Å²) in [4.78, 5) is 16.7. The second-order valence-corrected chi connectivity index (χ2v) is 6.94. The number of halogens is 1. The highest BCUT2D eigenvalue weighted by molar-refractivity contribution is 9.10. The van der Waals surface area contributed by atoms with Gasteiger partial charge in [-0.1, -0.05) is 40.2 Å². The molecule has 0 saturated carbocycles. The van der Waals surface area contributed by atoms with E-state index < -0.39 is 0 Å². The van der Waals surface area contributed by atoms with Crippen LogP contribution in [0.1, 0.15) is 16.8 Å². The van der Waals surface area contributed by atoms with Crippen LogP contribution in [0.15, 0.2) is 57.9 Å². The number of thioether (sulfide) groups is 1. The van der Waals surface area contributed by atoms with E-state index in [1.807, 2.05) is 43.5 Å². The summed E-state index contributed by atoms with van der Waals surface area (Å²) in [7, 11) is 0. The Morgan fingerprint density at radius 2 is 2.00 bits per heavy atom. The van der Waals surface area contributed by atoms with E-state index in [0.29, 0.717) is 5.65 Å². The number of benzene rings is 1. The molecule has 5 heteroatoms. The summed E-state index contributed by atoms with van der Waals surface area (Å²) in [6.07, 6.45) is 1.82. The van der Waals surface area contributed by atoms with Crippen LogP contribution < -0.4 is 5.56 Å². The van der Waals surface area contributed by atoms with Crippen LogP contribution in [0, 0.1) is 6.92 Å². The number of rotatable bonds is 4. The van der Waals surface area contributed by atoms with E-state index in [0.717, 1.165) is 27.2 Å². The van der Waals surface area contributed by atoms with Crippen LogP contribution in [0.2, 0.25) is 0 Å². The van der Waals surface area contributed by atoms with Crippen molar-refractivity contribution in [3.8, 4) is 0 Å². The van der Waals surface area contributed by atoms with Gasteiger partial charge in [0, 0.05) is 28.2 Å². The van der Waals surface area contributed by atoms with Crippen molar-refractivity contribution in [3.63, 3.8) is 0 Å². The Bertz CT molecular complexity index is 876. The molecule has 2 aromatic heterocycles. The van der Waals surface area contributed by atoms with E-state index in [-0.39, 0.29) is 5.56 Å². The molecule has 1 aromatic carbocycles. The third kappa shape index (κ3) is 3.42.